The number of nitrogens with zero attached hydrogens (tertiary/aromatic N) is 1. The average Bonchev–Trinajstić information content (AvgIpc) is 2.70. The fraction of sp³-hybridized carbons (Fsp3) is 1.00. The van der Waals surface area contributed by atoms with Crippen molar-refractivity contribution in [1.29, 1.82) is 0 Å². The summed E-state index contributed by atoms with van der Waals surface area (Å²) in [4.78, 5) is 2.75. The fourth-order valence-electron chi connectivity index (χ4n) is 5.02. The molecule has 2 saturated heterocycles. The van der Waals surface area contributed by atoms with Crippen molar-refractivity contribution >= 4 is 0 Å². The van der Waals surface area contributed by atoms with Crippen LogP contribution in [0.25, 0.3) is 0 Å². The number of rotatable bonds is 1. The van der Waals surface area contributed by atoms with Crippen LogP contribution in [0.4, 0.5) is 0 Å². The molecule has 1 N–H and O–H groups in total. The lowest BCUT2D eigenvalue weighted by Crippen LogP contribution is -2.50. The highest BCUT2D eigenvalue weighted by Gasteiger charge is 2.81. The average molecular weight is 208 g/mol. The maximum Gasteiger partial charge on any atom is 0.0594 e. The van der Waals surface area contributed by atoms with E-state index in [1.165, 1.54) is 45.4 Å². The summed E-state index contributed by atoms with van der Waals surface area (Å²) < 4.78 is 5.48. The van der Waals surface area contributed by atoms with Crippen LogP contribution < -0.4 is 5.32 Å². The lowest BCUT2D eigenvalue weighted by atomic mass is 9.96. The molecule has 4 aliphatic rings. The number of nitrogens with one attached hydrogen (secondary N) is 1. The molecule has 4 fully saturated rings. The van der Waals surface area contributed by atoms with E-state index >= 15 is 0 Å². The second-order valence-corrected chi connectivity index (χ2v) is 5.73. The van der Waals surface area contributed by atoms with Crippen molar-refractivity contribution in [2.75, 3.05) is 39.4 Å². The number of ether oxygens (including phenoxy) is 1. The summed E-state index contributed by atoms with van der Waals surface area (Å²) in [5, 5.41) is 3.64. The van der Waals surface area contributed by atoms with Gasteiger partial charge in [0.15, 0.2) is 0 Å². The second kappa shape index (κ2) is 2.76. The van der Waals surface area contributed by atoms with E-state index < -0.39 is 0 Å². The second-order valence-electron chi connectivity index (χ2n) is 5.73. The summed E-state index contributed by atoms with van der Waals surface area (Å²) in [7, 11) is 0. The molecule has 0 unspecified atom stereocenters. The molecule has 0 aromatic heterocycles. The normalized spacial score (nSPS) is 54.0. The largest absolute Gasteiger partial charge is 0.379 e. The molecule has 2 aliphatic heterocycles. The van der Waals surface area contributed by atoms with Crippen LogP contribution in [0.5, 0.6) is 0 Å². The smallest absolute Gasteiger partial charge is 0.0594 e. The molecule has 3 heteroatoms. The van der Waals surface area contributed by atoms with Gasteiger partial charge in [-0.1, -0.05) is 6.42 Å². The van der Waals surface area contributed by atoms with Crippen LogP contribution in [0.15, 0.2) is 0 Å². The zero-order valence-electron chi connectivity index (χ0n) is 9.30. The van der Waals surface area contributed by atoms with Gasteiger partial charge in [-0.25, -0.2) is 0 Å². The maximum absolute atomic E-state index is 5.48. The Morgan fingerprint density at radius 1 is 1.20 bits per heavy atom. The molecule has 0 bridgehead atoms. The third-order valence-electron chi connectivity index (χ3n) is 5.55. The molecule has 2 aliphatic carbocycles. The molecule has 2 heterocycles. The van der Waals surface area contributed by atoms with Crippen molar-refractivity contribution in [3.8, 4) is 0 Å². The van der Waals surface area contributed by atoms with Crippen LogP contribution in [0, 0.1) is 11.3 Å². The third kappa shape index (κ3) is 0.855. The van der Waals surface area contributed by atoms with E-state index in [0.29, 0.717) is 11.0 Å². The molecule has 0 radical (unpaired) electrons. The number of hydrogen-bond acceptors (Lipinski definition) is 3. The molecule has 0 aromatic carbocycles. The van der Waals surface area contributed by atoms with Gasteiger partial charge in [0.2, 0.25) is 0 Å². The quantitative estimate of drug-likeness (QED) is 0.677. The molecular weight excluding hydrogens is 188 g/mol. The number of fused-ring (bicyclic) bond motifs is 1. The van der Waals surface area contributed by atoms with E-state index in [9.17, 15) is 0 Å². The van der Waals surface area contributed by atoms with E-state index in [0.717, 1.165) is 19.1 Å². The van der Waals surface area contributed by atoms with Crippen LogP contribution in [-0.2, 0) is 4.74 Å². The van der Waals surface area contributed by atoms with Crippen molar-refractivity contribution in [3.63, 3.8) is 0 Å². The molecule has 2 saturated carbocycles. The highest BCUT2D eigenvalue weighted by atomic mass is 16.5. The fourth-order valence-corrected chi connectivity index (χ4v) is 5.02. The molecule has 0 aromatic rings. The highest BCUT2D eigenvalue weighted by molar-refractivity contribution is 5.35. The first-order chi connectivity index (χ1) is 7.40. The van der Waals surface area contributed by atoms with Gasteiger partial charge in [0, 0.05) is 37.1 Å². The van der Waals surface area contributed by atoms with Crippen LogP contribution in [0.2, 0.25) is 0 Å². The Labute approximate surface area is 91.2 Å². The van der Waals surface area contributed by atoms with Gasteiger partial charge in [0.25, 0.3) is 0 Å². The molecule has 3 atom stereocenters. The Morgan fingerprint density at radius 3 is 2.87 bits per heavy atom. The molecule has 3 nitrogen and oxygen atoms in total. The molecule has 84 valence electrons. The minimum absolute atomic E-state index is 0.565. The van der Waals surface area contributed by atoms with E-state index in [1.54, 1.807) is 0 Å². The van der Waals surface area contributed by atoms with Gasteiger partial charge in [0.05, 0.1) is 13.2 Å². The van der Waals surface area contributed by atoms with E-state index in [2.05, 4.69) is 10.2 Å². The Bertz CT molecular complexity index is 285. The Kier molecular flexibility index (Phi) is 1.65. The first-order valence-corrected chi connectivity index (χ1v) is 6.44. The van der Waals surface area contributed by atoms with Gasteiger partial charge in [0.1, 0.15) is 0 Å². The topological polar surface area (TPSA) is 24.5 Å². The summed E-state index contributed by atoms with van der Waals surface area (Å²) in [5.74, 6) is 1.02. The minimum atomic E-state index is 0.565. The first kappa shape index (κ1) is 8.97. The number of piperidine rings is 1. The van der Waals surface area contributed by atoms with Gasteiger partial charge in [-0.2, -0.15) is 0 Å². The summed E-state index contributed by atoms with van der Waals surface area (Å²) in [6.45, 7) is 6.77. The van der Waals surface area contributed by atoms with Crippen LogP contribution in [0.3, 0.4) is 0 Å². The van der Waals surface area contributed by atoms with Crippen molar-refractivity contribution < 1.29 is 4.74 Å². The van der Waals surface area contributed by atoms with Crippen molar-refractivity contribution in [2.45, 2.75) is 24.8 Å². The standard InChI is InChI=1S/C12H20N2O/c1-2-10-11(3-1)8-13-9-12(10,11)14-4-6-15-7-5-14/h10,13H,1-9H2/t10-,11+,12-/m1/s1. The zero-order chi connectivity index (χ0) is 9.93. The summed E-state index contributed by atoms with van der Waals surface area (Å²) in [6.07, 6.45) is 4.43. The van der Waals surface area contributed by atoms with E-state index in [1.807, 2.05) is 0 Å². The van der Waals surface area contributed by atoms with Crippen molar-refractivity contribution in [2.24, 2.45) is 11.3 Å². The first-order valence-electron chi connectivity index (χ1n) is 6.44. The van der Waals surface area contributed by atoms with Gasteiger partial charge >= 0.3 is 0 Å². The number of morpholine rings is 1. The van der Waals surface area contributed by atoms with Gasteiger partial charge in [-0.3, -0.25) is 4.90 Å². The number of hydrogen-bond donors (Lipinski definition) is 1. The molecule has 0 amide bonds. The predicted molar refractivity (Wildman–Crippen MR) is 57.8 cm³/mol. The SMILES string of the molecule is C1C[C@@H]2[C@]3(C1)CNC[C@@]23N1CCOCC1. The van der Waals surface area contributed by atoms with E-state index in [4.69, 9.17) is 4.74 Å². The Hall–Kier alpha value is -0.120. The molecule has 15 heavy (non-hydrogen) atoms. The van der Waals surface area contributed by atoms with Crippen LogP contribution >= 0.6 is 0 Å². The third-order valence-corrected chi connectivity index (χ3v) is 5.55. The summed E-state index contributed by atoms with van der Waals surface area (Å²) in [5.41, 5.74) is 1.25. The molecule has 1 spiro atoms. The maximum atomic E-state index is 5.48. The Balaban J connectivity index is 1.65. The highest BCUT2D eigenvalue weighted by Crippen LogP contribution is 2.74. The monoisotopic (exact) mass is 208 g/mol. The Morgan fingerprint density at radius 2 is 2.07 bits per heavy atom. The molecule has 4 rings (SSSR count). The molecular formula is C12H20N2O. The predicted octanol–water partition coefficient (Wildman–Crippen LogP) is 0.461. The van der Waals surface area contributed by atoms with Crippen molar-refractivity contribution in [1.82, 2.24) is 10.2 Å². The van der Waals surface area contributed by atoms with Crippen LogP contribution in [-0.4, -0.2) is 49.8 Å². The van der Waals surface area contributed by atoms with Gasteiger partial charge in [-0.05, 0) is 18.8 Å². The zero-order valence-corrected chi connectivity index (χ0v) is 9.30. The lowest BCUT2D eigenvalue weighted by molar-refractivity contribution is 0.000130. The van der Waals surface area contributed by atoms with Crippen molar-refractivity contribution in [3.05, 3.63) is 0 Å². The van der Waals surface area contributed by atoms with Gasteiger partial charge in [-0.15, -0.1) is 0 Å². The summed E-state index contributed by atoms with van der Waals surface area (Å²) in [6, 6.07) is 0. The van der Waals surface area contributed by atoms with E-state index in [-0.39, 0.29) is 0 Å². The van der Waals surface area contributed by atoms with Crippen LogP contribution in [0.1, 0.15) is 19.3 Å². The summed E-state index contributed by atoms with van der Waals surface area (Å²) >= 11 is 0. The lowest BCUT2D eigenvalue weighted by Gasteiger charge is -2.37. The minimum Gasteiger partial charge on any atom is -0.379 e. The van der Waals surface area contributed by atoms with Gasteiger partial charge < -0.3 is 10.1 Å².